The van der Waals surface area contributed by atoms with Gasteiger partial charge >= 0.3 is 11.1 Å². The topological polar surface area (TPSA) is 112 Å². The van der Waals surface area contributed by atoms with Crippen LogP contribution in [0, 0.1) is 10.1 Å². The predicted octanol–water partition coefficient (Wildman–Crippen LogP) is 0.186. The summed E-state index contributed by atoms with van der Waals surface area (Å²) in [5.41, 5.74) is -0.515. The third-order valence-corrected chi connectivity index (χ3v) is 2.60. The highest BCUT2D eigenvalue weighted by molar-refractivity contribution is 5.80. The first kappa shape index (κ1) is 13.0. The monoisotopic (exact) mass is 264 g/mol. The predicted molar refractivity (Wildman–Crippen MR) is 69.2 cm³/mol. The average molecular weight is 264 g/mol. The van der Waals surface area contributed by atoms with Gasteiger partial charge in [-0.15, -0.1) is 0 Å². The molecule has 100 valence electrons. The maximum atomic E-state index is 11.3. The number of nitrogens with zero attached hydrogens (tertiary/aromatic N) is 2. The molecule has 0 amide bonds. The molecule has 8 nitrogen and oxygen atoms in total. The number of non-ortho nitro benzene ring substituents is 1. The van der Waals surface area contributed by atoms with Crippen LogP contribution in [0.15, 0.2) is 21.7 Å². The highest BCUT2D eigenvalue weighted by Gasteiger charge is 2.14. The second-order valence-corrected chi connectivity index (χ2v) is 4.43. The first-order valence-electron chi connectivity index (χ1n) is 5.47. The Bertz CT molecular complexity index is 759. The van der Waals surface area contributed by atoms with Crippen molar-refractivity contribution < 1.29 is 4.92 Å². The van der Waals surface area contributed by atoms with Gasteiger partial charge in [0.1, 0.15) is 0 Å². The lowest BCUT2D eigenvalue weighted by atomic mass is 10.1. The molecule has 2 aromatic rings. The summed E-state index contributed by atoms with van der Waals surface area (Å²) in [7, 11) is 3.60. The summed E-state index contributed by atoms with van der Waals surface area (Å²) < 4.78 is 0. The average Bonchev–Trinajstić information content (AvgIpc) is 2.30. The Morgan fingerprint density at radius 2 is 1.84 bits per heavy atom. The molecule has 0 aliphatic carbocycles. The van der Waals surface area contributed by atoms with Crippen LogP contribution in [0.2, 0.25) is 0 Å². The highest BCUT2D eigenvalue weighted by atomic mass is 16.6. The van der Waals surface area contributed by atoms with Crippen LogP contribution < -0.4 is 11.1 Å². The van der Waals surface area contributed by atoms with Gasteiger partial charge in [-0.1, -0.05) is 0 Å². The number of nitrogens with one attached hydrogen (secondary N) is 2. The quantitative estimate of drug-likeness (QED) is 0.466. The summed E-state index contributed by atoms with van der Waals surface area (Å²) in [6.07, 6.45) is 0. The summed E-state index contributed by atoms with van der Waals surface area (Å²) in [5.74, 6) is 0. The molecule has 0 aliphatic heterocycles. The van der Waals surface area contributed by atoms with Crippen LogP contribution in [0.5, 0.6) is 0 Å². The maximum Gasteiger partial charge on any atom is 0.314 e. The molecule has 0 fully saturated rings. The molecule has 0 aliphatic rings. The summed E-state index contributed by atoms with van der Waals surface area (Å²) in [4.78, 5) is 39.5. The van der Waals surface area contributed by atoms with Gasteiger partial charge in [0.05, 0.1) is 16.0 Å². The van der Waals surface area contributed by atoms with Gasteiger partial charge in [-0.25, -0.2) is 0 Å². The number of hydrogen-bond acceptors (Lipinski definition) is 5. The van der Waals surface area contributed by atoms with Gasteiger partial charge < -0.3 is 14.9 Å². The van der Waals surface area contributed by atoms with Crippen molar-refractivity contribution in [3.63, 3.8) is 0 Å². The Labute approximate surface area is 106 Å². The molecule has 1 aromatic carbocycles. The molecule has 0 radical (unpaired) electrons. The van der Waals surface area contributed by atoms with Crippen molar-refractivity contribution in [2.75, 3.05) is 14.1 Å². The molecule has 2 N–H and O–H groups in total. The Morgan fingerprint density at radius 3 is 2.42 bits per heavy atom. The van der Waals surface area contributed by atoms with Crippen molar-refractivity contribution in [2.45, 2.75) is 6.54 Å². The number of benzene rings is 1. The van der Waals surface area contributed by atoms with Crippen LogP contribution >= 0.6 is 0 Å². The molecular formula is C11H12N4O4. The molecule has 0 saturated heterocycles. The third-order valence-electron chi connectivity index (χ3n) is 2.60. The number of nitro groups is 1. The number of aromatic nitrogens is 2. The Hall–Kier alpha value is -2.48. The third kappa shape index (κ3) is 2.52. The highest BCUT2D eigenvalue weighted by Crippen LogP contribution is 2.22. The molecule has 0 unspecified atom stereocenters. The van der Waals surface area contributed by atoms with Gasteiger partial charge in [0, 0.05) is 18.7 Å². The summed E-state index contributed by atoms with van der Waals surface area (Å²) in [5, 5.41) is 10.9. The lowest BCUT2D eigenvalue weighted by molar-refractivity contribution is -0.384. The molecule has 1 aromatic heterocycles. The Kier molecular flexibility index (Phi) is 3.17. The van der Waals surface area contributed by atoms with Crippen LogP contribution in [0.1, 0.15) is 5.56 Å². The molecule has 0 atom stereocenters. The SMILES string of the molecule is CN(C)Cc1cc([N+](=O)[O-])cc2[nH]c(=O)c(=O)[nH]c12. The molecule has 1 heterocycles. The Morgan fingerprint density at radius 1 is 1.21 bits per heavy atom. The van der Waals surface area contributed by atoms with Gasteiger partial charge in [-0.05, 0) is 19.7 Å². The normalized spacial score (nSPS) is 11.1. The summed E-state index contributed by atoms with van der Waals surface area (Å²) >= 11 is 0. The minimum atomic E-state index is -0.830. The molecular weight excluding hydrogens is 252 g/mol. The number of hydrogen-bond donors (Lipinski definition) is 2. The molecule has 19 heavy (non-hydrogen) atoms. The number of fused-ring (bicyclic) bond motifs is 1. The fraction of sp³-hybridized carbons (Fsp3) is 0.273. The zero-order valence-corrected chi connectivity index (χ0v) is 10.4. The zero-order valence-electron chi connectivity index (χ0n) is 10.4. The van der Waals surface area contributed by atoms with Crippen molar-refractivity contribution in [2.24, 2.45) is 0 Å². The van der Waals surface area contributed by atoms with Gasteiger partial charge in [-0.3, -0.25) is 19.7 Å². The van der Waals surface area contributed by atoms with E-state index in [1.54, 1.807) is 14.1 Å². The van der Waals surface area contributed by atoms with E-state index < -0.39 is 16.0 Å². The first-order valence-corrected chi connectivity index (χ1v) is 5.47. The lowest BCUT2D eigenvalue weighted by Gasteiger charge is -2.11. The standard InChI is InChI=1S/C11H12N4O4/c1-14(2)5-6-3-7(15(18)19)4-8-9(6)13-11(17)10(16)12-8/h3-4H,5H2,1-2H3,(H,12,16)(H,13,17). The van der Waals surface area contributed by atoms with Gasteiger partial charge in [-0.2, -0.15) is 0 Å². The largest absolute Gasteiger partial charge is 0.316 e. The Balaban J connectivity index is 2.81. The van der Waals surface area contributed by atoms with E-state index in [-0.39, 0.29) is 11.2 Å². The van der Waals surface area contributed by atoms with Gasteiger partial charge in [0.2, 0.25) is 0 Å². The van der Waals surface area contributed by atoms with Gasteiger partial charge in [0.25, 0.3) is 5.69 Å². The molecule has 0 bridgehead atoms. The number of rotatable bonds is 3. The maximum absolute atomic E-state index is 11.3. The van der Waals surface area contributed by atoms with E-state index in [1.807, 2.05) is 4.90 Å². The van der Waals surface area contributed by atoms with Crippen molar-refractivity contribution in [1.82, 2.24) is 14.9 Å². The van der Waals surface area contributed by atoms with E-state index >= 15 is 0 Å². The molecule has 2 rings (SSSR count). The van der Waals surface area contributed by atoms with Crippen LogP contribution in [0.4, 0.5) is 5.69 Å². The zero-order chi connectivity index (χ0) is 14.2. The number of H-pyrrole nitrogens is 2. The van der Waals surface area contributed by atoms with Crippen LogP contribution in [-0.2, 0) is 6.54 Å². The first-order chi connectivity index (χ1) is 8.88. The fourth-order valence-electron chi connectivity index (χ4n) is 1.85. The number of nitro benzene ring substituents is 1. The van der Waals surface area contributed by atoms with Crippen molar-refractivity contribution >= 4 is 16.7 Å². The smallest absolute Gasteiger partial charge is 0.314 e. The molecule has 0 spiro atoms. The van der Waals surface area contributed by atoms with E-state index in [0.717, 1.165) is 0 Å². The second-order valence-electron chi connectivity index (χ2n) is 4.43. The number of aromatic amines is 2. The van der Waals surface area contributed by atoms with E-state index in [0.29, 0.717) is 17.6 Å². The van der Waals surface area contributed by atoms with Crippen LogP contribution in [-0.4, -0.2) is 33.9 Å². The van der Waals surface area contributed by atoms with Gasteiger partial charge in [0.15, 0.2) is 0 Å². The summed E-state index contributed by atoms with van der Waals surface area (Å²) in [6, 6.07) is 2.61. The lowest BCUT2D eigenvalue weighted by Crippen LogP contribution is -2.29. The van der Waals surface area contributed by atoms with E-state index in [1.165, 1.54) is 12.1 Å². The molecule has 8 heteroatoms. The van der Waals surface area contributed by atoms with E-state index in [2.05, 4.69) is 9.97 Å². The second kappa shape index (κ2) is 4.65. The molecule has 0 saturated carbocycles. The van der Waals surface area contributed by atoms with Crippen LogP contribution in [0.25, 0.3) is 11.0 Å². The van der Waals surface area contributed by atoms with E-state index in [4.69, 9.17) is 0 Å². The summed E-state index contributed by atoms with van der Waals surface area (Å²) in [6.45, 7) is 0.403. The van der Waals surface area contributed by atoms with Crippen LogP contribution in [0.3, 0.4) is 0 Å². The van der Waals surface area contributed by atoms with Crippen molar-refractivity contribution in [3.05, 3.63) is 48.5 Å². The van der Waals surface area contributed by atoms with Crippen molar-refractivity contribution in [1.29, 1.82) is 0 Å². The minimum Gasteiger partial charge on any atom is -0.316 e. The fourth-order valence-corrected chi connectivity index (χ4v) is 1.85. The minimum absolute atomic E-state index is 0.132. The van der Waals surface area contributed by atoms with Crippen molar-refractivity contribution in [3.8, 4) is 0 Å². The van der Waals surface area contributed by atoms with E-state index in [9.17, 15) is 19.7 Å².